The number of benzene rings is 1. The molecule has 0 fully saturated rings. The Kier molecular flexibility index (Phi) is 4.26. The predicted octanol–water partition coefficient (Wildman–Crippen LogP) is 5.11. The van der Waals surface area contributed by atoms with Gasteiger partial charge in [0.2, 0.25) is 0 Å². The molecule has 0 radical (unpaired) electrons. The van der Waals surface area contributed by atoms with Crippen molar-refractivity contribution in [1.29, 1.82) is 0 Å². The van der Waals surface area contributed by atoms with E-state index in [2.05, 4.69) is 31.9 Å². The van der Waals surface area contributed by atoms with E-state index in [4.69, 9.17) is 17.3 Å². The van der Waals surface area contributed by atoms with Crippen molar-refractivity contribution in [2.75, 3.05) is 0 Å². The highest BCUT2D eigenvalue weighted by Gasteiger charge is 2.19. The normalized spacial score (nSPS) is 12.8. The zero-order chi connectivity index (χ0) is 12.6. The third kappa shape index (κ3) is 2.74. The van der Waals surface area contributed by atoms with Crippen LogP contribution in [0.25, 0.3) is 0 Å². The molecule has 1 nitrogen and oxygen atoms in total. The molecule has 17 heavy (non-hydrogen) atoms. The predicted molar refractivity (Wildman–Crippen MR) is 77.2 cm³/mol. The summed E-state index contributed by atoms with van der Waals surface area (Å²) in [5.74, 6) is -0.454. The standard InChI is InChI=1S/C11H7Br2ClFNS/c12-8-4-6(11(13)17-8)10(16)5-2-1-3-7(15)9(5)14/h1-4,10H,16H2. The zero-order valence-electron chi connectivity index (χ0n) is 8.38. The fourth-order valence-electron chi connectivity index (χ4n) is 1.49. The SMILES string of the molecule is NC(c1cc(Br)sc1Br)c1cccc(F)c1Cl. The topological polar surface area (TPSA) is 26.0 Å². The van der Waals surface area contributed by atoms with Gasteiger partial charge >= 0.3 is 0 Å². The molecule has 1 atom stereocenters. The number of nitrogens with two attached hydrogens (primary N) is 1. The summed E-state index contributed by atoms with van der Waals surface area (Å²) in [4.78, 5) is 0. The van der Waals surface area contributed by atoms with Gasteiger partial charge in [0, 0.05) is 0 Å². The molecule has 1 aromatic carbocycles. The Labute approximate surface area is 124 Å². The molecule has 0 aliphatic heterocycles. The van der Waals surface area contributed by atoms with E-state index in [1.165, 1.54) is 17.4 Å². The molecular formula is C11H7Br2ClFNS. The maximum Gasteiger partial charge on any atom is 0.142 e. The minimum Gasteiger partial charge on any atom is -0.320 e. The smallest absolute Gasteiger partial charge is 0.142 e. The summed E-state index contributed by atoms with van der Waals surface area (Å²) >= 11 is 14.2. The van der Waals surface area contributed by atoms with Crippen molar-refractivity contribution in [1.82, 2.24) is 0 Å². The fraction of sp³-hybridized carbons (Fsp3) is 0.0909. The monoisotopic (exact) mass is 397 g/mol. The fourth-order valence-corrected chi connectivity index (χ4v) is 4.67. The first-order chi connectivity index (χ1) is 8.00. The second kappa shape index (κ2) is 5.36. The Morgan fingerprint density at radius 2 is 2.00 bits per heavy atom. The highest BCUT2D eigenvalue weighted by molar-refractivity contribution is 9.12. The molecule has 0 bridgehead atoms. The molecule has 2 rings (SSSR count). The average molecular weight is 400 g/mol. The lowest BCUT2D eigenvalue weighted by molar-refractivity contribution is 0.624. The maximum atomic E-state index is 13.4. The summed E-state index contributed by atoms with van der Waals surface area (Å²) < 4.78 is 15.2. The molecule has 6 heteroatoms. The van der Waals surface area contributed by atoms with Crippen LogP contribution in [0.5, 0.6) is 0 Å². The van der Waals surface area contributed by atoms with Crippen LogP contribution in [0.4, 0.5) is 4.39 Å². The largest absolute Gasteiger partial charge is 0.320 e. The molecule has 0 saturated carbocycles. The van der Waals surface area contributed by atoms with Gasteiger partial charge in [0.05, 0.1) is 18.6 Å². The Morgan fingerprint density at radius 1 is 1.29 bits per heavy atom. The van der Waals surface area contributed by atoms with Gasteiger partial charge in [-0.25, -0.2) is 4.39 Å². The molecule has 2 aromatic rings. The summed E-state index contributed by atoms with van der Waals surface area (Å²) in [6, 6.07) is 6.10. The second-order valence-electron chi connectivity index (χ2n) is 3.40. The van der Waals surface area contributed by atoms with Crippen LogP contribution in [-0.2, 0) is 0 Å². The molecule has 0 aliphatic rings. The highest BCUT2D eigenvalue weighted by atomic mass is 79.9. The van der Waals surface area contributed by atoms with Crippen molar-refractivity contribution < 1.29 is 4.39 Å². The maximum absolute atomic E-state index is 13.4. The number of hydrogen-bond acceptors (Lipinski definition) is 2. The minimum absolute atomic E-state index is 0.0780. The summed E-state index contributed by atoms with van der Waals surface area (Å²) in [5, 5.41) is 0.0780. The first-order valence-electron chi connectivity index (χ1n) is 4.65. The van der Waals surface area contributed by atoms with Crippen LogP contribution in [0.15, 0.2) is 31.8 Å². The molecule has 2 N–H and O–H groups in total. The lowest BCUT2D eigenvalue weighted by Crippen LogP contribution is -2.12. The van der Waals surface area contributed by atoms with Gasteiger partial charge < -0.3 is 5.73 Å². The number of halogens is 4. The molecule has 0 amide bonds. The third-order valence-electron chi connectivity index (χ3n) is 2.33. The summed E-state index contributed by atoms with van der Waals surface area (Å²) in [7, 11) is 0. The van der Waals surface area contributed by atoms with E-state index in [1.54, 1.807) is 12.1 Å². The molecule has 0 saturated heterocycles. The van der Waals surface area contributed by atoms with E-state index in [9.17, 15) is 4.39 Å². The second-order valence-corrected chi connectivity index (χ2v) is 7.53. The number of hydrogen-bond donors (Lipinski definition) is 1. The van der Waals surface area contributed by atoms with E-state index >= 15 is 0 Å². The van der Waals surface area contributed by atoms with E-state index in [0.717, 1.165) is 13.1 Å². The van der Waals surface area contributed by atoms with Crippen LogP contribution in [0.3, 0.4) is 0 Å². The van der Waals surface area contributed by atoms with Gasteiger partial charge in [-0.2, -0.15) is 0 Å². The molecule has 1 aromatic heterocycles. The third-order valence-corrected chi connectivity index (χ3v) is 5.12. The van der Waals surface area contributed by atoms with Gasteiger partial charge in [0.25, 0.3) is 0 Å². The molecule has 0 aliphatic carbocycles. The Morgan fingerprint density at radius 3 is 2.59 bits per heavy atom. The molecule has 1 heterocycles. The average Bonchev–Trinajstić information content (AvgIpc) is 2.61. The van der Waals surface area contributed by atoms with Gasteiger partial charge in [0.15, 0.2) is 0 Å². The van der Waals surface area contributed by atoms with Gasteiger partial charge in [-0.15, -0.1) is 11.3 Å². The summed E-state index contributed by atoms with van der Waals surface area (Å²) in [5.41, 5.74) is 7.57. The van der Waals surface area contributed by atoms with E-state index in [1.807, 2.05) is 6.07 Å². The van der Waals surface area contributed by atoms with Crippen LogP contribution < -0.4 is 5.73 Å². The van der Waals surface area contributed by atoms with Crippen molar-refractivity contribution in [3.05, 3.63) is 53.8 Å². The quantitative estimate of drug-likeness (QED) is 0.746. The molecule has 1 unspecified atom stereocenters. The van der Waals surface area contributed by atoms with E-state index < -0.39 is 11.9 Å². The first-order valence-corrected chi connectivity index (χ1v) is 7.43. The Bertz CT molecular complexity index is 558. The molecule has 0 spiro atoms. The highest BCUT2D eigenvalue weighted by Crippen LogP contribution is 2.38. The van der Waals surface area contributed by atoms with Gasteiger partial charge in [0.1, 0.15) is 5.82 Å². The minimum atomic E-state index is -0.454. The lowest BCUT2D eigenvalue weighted by atomic mass is 10.0. The van der Waals surface area contributed by atoms with Crippen molar-refractivity contribution in [2.45, 2.75) is 6.04 Å². The molecular weight excluding hydrogens is 392 g/mol. The van der Waals surface area contributed by atoms with Crippen LogP contribution in [0, 0.1) is 5.82 Å². The Balaban J connectivity index is 2.47. The van der Waals surface area contributed by atoms with Gasteiger partial charge in [-0.1, -0.05) is 23.7 Å². The van der Waals surface area contributed by atoms with Crippen molar-refractivity contribution in [2.24, 2.45) is 5.73 Å². The Hall–Kier alpha value is 0.0600. The van der Waals surface area contributed by atoms with Crippen molar-refractivity contribution in [3.8, 4) is 0 Å². The zero-order valence-corrected chi connectivity index (χ0v) is 13.1. The van der Waals surface area contributed by atoms with Gasteiger partial charge in [-0.3, -0.25) is 0 Å². The van der Waals surface area contributed by atoms with Gasteiger partial charge in [-0.05, 0) is 55.1 Å². The lowest BCUT2D eigenvalue weighted by Gasteiger charge is -2.13. The van der Waals surface area contributed by atoms with Crippen LogP contribution in [0.1, 0.15) is 17.2 Å². The summed E-state index contributed by atoms with van der Waals surface area (Å²) in [6.45, 7) is 0. The summed E-state index contributed by atoms with van der Waals surface area (Å²) in [6.07, 6.45) is 0. The number of thiophene rings is 1. The van der Waals surface area contributed by atoms with Crippen molar-refractivity contribution in [3.63, 3.8) is 0 Å². The van der Waals surface area contributed by atoms with Crippen molar-refractivity contribution >= 4 is 54.8 Å². The van der Waals surface area contributed by atoms with E-state index in [-0.39, 0.29) is 5.02 Å². The first kappa shape index (κ1) is 13.5. The van der Waals surface area contributed by atoms with Crippen LogP contribution >= 0.6 is 54.8 Å². The molecule has 90 valence electrons. The van der Waals surface area contributed by atoms with E-state index in [0.29, 0.717) is 5.56 Å². The number of rotatable bonds is 2. The van der Waals surface area contributed by atoms with Crippen LogP contribution in [-0.4, -0.2) is 0 Å². The van der Waals surface area contributed by atoms with Crippen LogP contribution in [0.2, 0.25) is 5.02 Å².